The number of aromatic nitrogens is 1. The second-order valence-corrected chi connectivity index (χ2v) is 8.17. The molecule has 0 atom stereocenters. The molecule has 1 heterocycles. The molecule has 0 radical (unpaired) electrons. The number of aliphatic carboxylic acids is 1. The molecule has 0 spiro atoms. The number of benzene rings is 2. The molecular weight excluding hydrogens is 360 g/mol. The van der Waals surface area contributed by atoms with Crippen molar-refractivity contribution >= 4 is 33.4 Å². The highest BCUT2D eigenvalue weighted by Gasteiger charge is 2.45. The van der Waals surface area contributed by atoms with Crippen molar-refractivity contribution in [3.63, 3.8) is 0 Å². The van der Waals surface area contributed by atoms with Crippen LogP contribution in [0.15, 0.2) is 48.5 Å². The summed E-state index contributed by atoms with van der Waals surface area (Å²) in [6, 6.07) is 15.8. The average molecular weight is 380 g/mol. The van der Waals surface area contributed by atoms with Crippen LogP contribution in [0, 0.1) is 5.41 Å². The fourth-order valence-electron chi connectivity index (χ4n) is 3.85. The summed E-state index contributed by atoms with van der Waals surface area (Å²) < 4.78 is 1.13. The van der Waals surface area contributed by atoms with Crippen molar-refractivity contribution in [1.82, 2.24) is 10.3 Å². The predicted molar refractivity (Wildman–Crippen MR) is 105 cm³/mol. The number of thiazole rings is 1. The smallest absolute Gasteiger partial charge is 0.304 e. The summed E-state index contributed by atoms with van der Waals surface area (Å²) in [4.78, 5) is 28.9. The van der Waals surface area contributed by atoms with Crippen LogP contribution in [0.3, 0.4) is 0 Å². The molecule has 0 saturated heterocycles. The molecule has 3 aromatic rings. The van der Waals surface area contributed by atoms with Crippen molar-refractivity contribution in [1.29, 1.82) is 0 Å². The monoisotopic (exact) mass is 380 g/mol. The van der Waals surface area contributed by atoms with Gasteiger partial charge in [-0.25, -0.2) is 4.98 Å². The molecule has 6 heteroatoms. The zero-order chi connectivity index (χ0) is 18.9. The van der Waals surface area contributed by atoms with E-state index in [-0.39, 0.29) is 12.3 Å². The van der Waals surface area contributed by atoms with Crippen LogP contribution in [0.4, 0.5) is 0 Å². The molecule has 5 nitrogen and oxygen atoms in total. The number of rotatable bonds is 6. The lowest BCUT2D eigenvalue weighted by Crippen LogP contribution is -2.44. The number of carboxylic acids is 1. The summed E-state index contributed by atoms with van der Waals surface area (Å²) in [6.07, 6.45) is 1.43. The molecule has 0 unspecified atom stereocenters. The van der Waals surface area contributed by atoms with Crippen LogP contribution in [0.1, 0.15) is 22.6 Å². The van der Waals surface area contributed by atoms with Gasteiger partial charge < -0.3 is 10.4 Å². The first-order valence-electron chi connectivity index (χ1n) is 8.97. The van der Waals surface area contributed by atoms with Crippen LogP contribution in [0.2, 0.25) is 0 Å². The Labute approximate surface area is 161 Å². The van der Waals surface area contributed by atoms with Gasteiger partial charge >= 0.3 is 5.97 Å². The maximum atomic E-state index is 12.9. The highest BCUT2D eigenvalue weighted by atomic mass is 32.1. The number of fused-ring (bicyclic) bond motifs is 2. The minimum absolute atomic E-state index is 0.158. The standard InChI is InChI=1S/C21H20N2O3S/c24-19(25)13-21(11-14-5-1-2-6-15(14)12-21)20(26)22-10-9-18-23-16-7-3-4-8-17(16)27-18/h1-8H,9-13H2,(H,22,26)(H,24,25). The molecule has 0 aliphatic heterocycles. The summed E-state index contributed by atoms with van der Waals surface area (Å²) in [5.74, 6) is -1.12. The van der Waals surface area contributed by atoms with E-state index in [1.807, 2.05) is 48.5 Å². The van der Waals surface area contributed by atoms with Gasteiger partial charge in [0, 0.05) is 13.0 Å². The number of hydrogen-bond acceptors (Lipinski definition) is 4. The van der Waals surface area contributed by atoms with Gasteiger partial charge in [-0.3, -0.25) is 9.59 Å². The van der Waals surface area contributed by atoms with Crippen LogP contribution < -0.4 is 5.32 Å². The first kappa shape index (κ1) is 17.7. The van der Waals surface area contributed by atoms with E-state index >= 15 is 0 Å². The van der Waals surface area contributed by atoms with E-state index in [2.05, 4.69) is 10.3 Å². The van der Waals surface area contributed by atoms with E-state index < -0.39 is 11.4 Å². The Balaban J connectivity index is 1.44. The third-order valence-electron chi connectivity index (χ3n) is 5.11. The van der Waals surface area contributed by atoms with Crippen molar-refractivity contribution in [3.05, 3.63) is 64.7 Å². The molecule has 27 heavy (non-hydrogen) atoms. The molecule has 2 aromatic carbocycles. The molecular formula is C21H20N2O3S. The van der Waals surface area contributed by atoms with Crippen molar-refractivity contribution in [2.24, 2.45) is 5.41 Å². The topological polar surface area (TPSA) is 79.3 Å². The largest absolute Gasteiger partial charge is 0.481 e. The number of nitrogens with one attached hydrogen (secondary N) is 1. The molecule has 4 rings (SSSR count). The lowest BCUT2D eigenvalue weighted by molar-refractivity contribution is -0.145. The van der Waals surface area contributed by atoms with Gasteiger partial charge in [0.15, 0.2) is 0 Å². The van der Waals surface area contributed by atoms with Crippen LogP contribution in [0.25, 0.3) is 10.2 Å². The maximum Gasteiger partial charge on any atom is 0.304 e. The molecule has 2 N–H and O–H groups in total. The second-order valence-electron chi connectivity index (χ2n) is 7.05. The molecule has 0 fully saturated rings. The van der Waals surface area contributed by atoms with Crippen molar-refractivity contribution in [2.75, 3.05) is 6.54 Å². The average Bonchev–Trinajstić information content (AvgIpc) is 3.21. The predicted octanol–water partition coefficient (Wildman–Crippen LogP) is 3.21. The Morgan fingerprint density at radius 2 is 1.74 bits per heavy atom. The van der Waals surface area contributed by atoms with Crippen LogP contribution in [-0.4, -0.2) is 28.5 Å². The fraction of sp³-hybridized carbons (Fsp3) is 0.286. The van der Waals surface area contributed by atoms with Crippen LogP contribution in [-0.2, 0) is 28.9 Å². The van der Waals surface area contributed by atoms with Gasteiger partial charge in [-0.2, -0.15) is 0 Å². The van der Waals surface area contributed by atoms with Gasteiger partial charge in [0.2, 0.25) is 5.91 Å². The van der Waals surface area contributed by atoms with Gasteiger partial charge in [0.05, 0.1) is 27.1 Å². The molecule has 1 aliphatic carbocycles. The van der Waals surface area contributed by atoms with Gasteiger partial charge in [-0.15, -0.1) is 11.3 Å². The Bertz CT molecular complexity index is 953. The number of carboxylic acid groups (broad SMARTS) is 1. The van der Waals surface area contributed by atoms with E-state index in [0.29, 0.717) is 25.8 Å². The molecule has 1 aliphatic rings. The number of amides is 1. The molecule has 0 saturated carbocycles. The first-order valence-corrected chi connectivity index (χ1v) is 9.79. The number of carbonyl (C=O) groups is 2. The zero-order valence-electron chi connectivity index (χ0n) is 14.8. The second kappa shape index (κ2) is 7.12. The summed E-state index contributed by atoms with van der Waals surface area (Å²) in [5, 5.41) is 13.3. The van der Waals surface area contributed by atoms with Gasteiger partial charge in [-0.1, -0.05) is 36.4 Å². The minimum atomic E-state index is -0.941. The Hall–Kier alpha value is -2.73. The van der Waals surface area contributed by atoms with Crippen molar-refractivity contribution in [2.45, 2.75) is 25.7 Å². The highest BCUT2D eigenvalue weighted by molar-refractivity contribution is 7.18. The SMILES string of the molecule is O=C(O)CC1(C(=O)NCCc2nc3ccccc3s2)Cc2ccccc2C1. The number of hydrogen-bond donors (Lipinski definition) is 2. The summed E-state index contributed by atoms with van der Waals surface area (Å²) in [6.45, 7) is 0.455. The lowest BCUT2D eigenvalue weighted by atomic mass is 9.80. The third kappa shape index (κ3) is 3.57. The normalized spacial score (nSPS) is 14.8. The van der Waals surface area contributed by atoms with E-state index in [4.69, 9.17) is 0 Å². The van der Waals surface area contributed by atoms with Gasteiger partial charge in [-0.05, 0) is 36.1 Å². The van der Waals surface area contributed by atoms with E-state index in [9.17, 15) is 14.7 Å². The minimum Gasteiger partial charge on any atom is -0.481 e. The Morgan fingerprint density at radius 3 is 2.41 bits per heavy atom. The van der Waals surface area contributed by atoms with Crippen LogP contribution in [0.5, 0.6) is 0 Å². The summed E-state index contributed by atoms with van der Waals surface area (Å²) in [5.41, 5.74) is 2.21. The highest BCUT2D eigenvalue weighted by Crippen LogP contribution is 2.40. The van der Waals surface area contributed by atoms with E-state index in [1.54, 1.807) is 11.3 Å². The van der Waals surface area contributed by atoms with Crippen molar-refractivity contribution in [3.8, 4) is 0 Å². The molecule has 1 amide bonds. The molecule has 138 valence electrons. The van der Waals surface area contributed by atoms with Gasteiger partial charge in [0.1, 0.15) is 0 Å². The Morgan fingerprint density at radius 1 is 1.07 bits per heavy atom. The quantitative estimate of drug-likeness (QED) is 0.688. The number of para-hydroxylation sites is 1. The number of carbonyl (C=O) groups excluding carboxylic acids is 1. The maximum absolute atomic E-state index is 12.9. The van der Waals surface area contributed by atoms with Crippen molar-refractivity contribution < 1.29 is 14.7 Å². The fourth-order valence-corrected chi connectivity index (χ4v) is 4.81. The van der Waals surface area contributed by atoms with Crippen LogP contribution >= 0.6 is 11.3 Å². The summed E-state index contributed by atoms with van der Waals surface area (Å²) >= 11 is 1.62. The van der Waals surface area contributed by atoms with E-state index in [1.165, 1.54) is 0 Å². The third-order valence-corrected chi connectivity index (χ3v) is 6.21. The zero-order valence-corrected chi connectivity index (χ0v) is 15.6. The summed E-state index contributed by atoms with van der Waals surface area (Å²) in [7, 11) is 0. The lowest BCUT2D eigenvalue weighted by Gasteiger charge is -2.25. The van der Waals surface area contributed by atoms with Gasteiger partial charge in [0.25, 0.3) is 0 Å². The first-order chi connectivity index (χ1) is 13.1. The number of nitrogens with zero attached hydrogens (tertiary/aromatic N) is 1. The molecule has 1 aromatic heterocycles. The Kier molecular flexibility index (Phi) is 4.66. The van der Waals surface area contributed by atoms with E-state index in [0.717, 1.165) is 26.4 Å². The molecule has 0 bridgehead atoms.